The molecule has 2 N–H and O–H groups in total. The molecule has 1 amide bonds. The van der Waals surface area contributed by atoms with Crippen LogP contribution in [0.15, 0.2) is 42.5 Å². The first-order chi connectivity index (χ1) is 9.82. The maximum absolute atomic E-state index is 13.2. The number of benzene rings is 2. The van der Waals surface area contributed by atoms with E-state index < -0.39 is 17.6 Å². The zero-order valence-electron chi connectivity index (χ0n) is 11.4. The van der Waals surface area contributed by atoms with E-state index in [1.807, 2.05) is 0 Å². The molecule has 0 unspecified atom stereocenters. The van der Waals surface area contributed by atoms with Gasteiger partial charge in [-0.05, 0) is 41.3 Å². The Morgan fingerprint density at radius 3 is 2.19 bits per heavy atom. The highest BCUT2D eigenvalue weighted by Gasteiger charge is 2.33. The van der Waals surface area contributed by atoms with Crippen LogP contribution in [0.25, 0.3) is 11.1 Å². The van der Waals surface area contributed by atoms with Gasteiger partial charge in [-0.25, -0.2) is 0 Å². The number of rotatable bonds is 3. The van der Waals surface area contributed by atoms with Gasteiger partial charge in [-0.3, -0.25) is 4.79 Å². The molecule has 2 aromatic carbocycles. The van der Waals surface area contributed by atoms with Crippen LogP contribution in [0.5, 0.6) is 0 Å². The average molecular weight is 293 g/mol. The number of hydrogen-bond acceptors (Lipinski definition) is 1. The molecule has 0 bridgehead atoms. The van der Waals surface area contributed by atoms with Gasteiger partial charge in [0.25, 0.3) is 0 Å². The van der Waals surface area contributed by atoms with Gasteiger partial charge in [0.15, 0.2) is 0 Å². The molecular formula is C16H14F3NO. The van der Waals surface area contributed by atoms with Crippen molar-refractivity contribution in [2.75, 3.05) is 0 Å². The lowest BCUT2D eigenvalue weighted by Crippen LogP contribution is -2.11. The Labute approximate surface area is 120 Å². The summed E-state index contributed by atoms with van der Waals surface area (Å²) in [6.45, 7) is 1.80. The molecule has 0 saturated heterocycles. The SMILES string of the molecule is CCc1ccc(-c2ccc(C(N)=O)cc2)c(C(F)(F)F)c1. The van der Waals surface area contributed by atoms with Crippen LogP contribution in [-0.2, 0) is 12.6 Å². The van der Waals surface area contributed by atoms with E-state index in [0.29, 0.717) is 17.5 Å². The second-order valence-electron chi connectivity index (χ2n) is 4.67. The standard InChI is InChI=1S/C16H14F3NO/c1-2-10-3-8-13(14(9-10)16(17,18)19)11-4-6-12(7-5-11)15(20)21/h3-9H,2H2,1H3,(H2,20,21). The van der Waals surface area contributed by atoms with E-state index in [0.717, 1.165) is 6.07 Å². The minimum absolute atomic E-state index is 0.0933. The van der Waals surface area contributed by atoms with Crippen LogP contribution < -0.4 is 5.73 Å². The van der Waals surface area contributed by atoms with Crippen molar-refractivity contribution in [2.45, 2.75) is 19.5 Å². The van der Waals surface area contributed by atoms with Crippen LogP contribution in [0.2, 0.25) is 0 Å². The zero-order valence-corrected chi connectivity index (χ0v) is 11.4. The maximum Gasteiger partial charge on any atom is 0.417 e. The van der Waals surface area contributed by atoms with E-state index in [-0.39, 0.29) is 11.1 Å². The van der Waals surface area contributed by atoms with E-state index in [1.165, 1.54) is 30.3 Å². The van der Waals surface area contributed by atoms with Gasteiger partial charge >= 0.3 is 6.18 Å². The summed E-state index contributed by atoms with van der Waals surface area (Å²) in [7, 11) is 0. The van der Waals surface area contributed by atoms with Gasteiger partial charge in [0.1, 0.15) is 0 Å². The van der Waals surface area contributed by atoms with Crippen molar-refractivity contribution in [3.05, 3.63) is 59.2 Å². The summed E-state index contributed by atoms with van der Waals surface area (Å²) in [5.74, 6) is -0.612. The Morgan fingerprint density at radius 1 is 1.10 bits per heavy atom. The molecule has 21 heavy (non-hydrogen) atoms. The van der Waals surface area contributed by atoms with E-state index in [2.05, 4.69) is 0 Å². The quantitative estimate of drug-likeness (QED) is 0.912. The Balaban J connectivity index is 2.55. The van der Waals surface area contributed by atoms with Crippen LogP contribution in [0.1, 0.15) is 28.4 Å². The molecule has 0 radical (unpaired) electrons. The fourth-order valence-electron chi connectivity index (χ4n) is 2.11. The maximum atomic E-state index is 13.2. The number of aryl methyl sites for hydroxylation is 1. The van der Waals surface area contributed by atoms with Gasteiger partial charge in [0.2, 0.25) is 5.91 Å². The normalized spacial score (nSPS) is 11.4. The third-order valence-corrected chi connectivity index (χ3v) is 3.28. The average Bonchev–Trinajstić information content (AvgIpc) is 2.46. The number of amides is 1. The van der Waals surface area contributed by atoms with Gasteiger partial charge in [-0.2, -0.15) is 13.2 Å². The van der Waals surface area contributed by atoms with Crippen molar-refractivity contribution in [1.82, 2.24) is 0 Å². The number of hydrogen-bond donors (Lipinski definition) is 1. The lowest BCUT2D eigenvalue weighted by Gasteiger charge is -2.14. The predicted molar refractivity (Wildman–Crippen MR) is 74.8 cm³/mol. The molecule has 0 saturated carbocycles. The zero-order chi connectivity index (χ0) is 15.6. The molecule has 0 spiro atoms. The van der Waals surface area contributed by atoms with Gasteiger partial charge in [0.05, 0.1) is 5.56 Å². The molecule has 0 fully saturated rings. The molecule has 0 aliphatic rings. The Bertz CT molecular complexity index is 660. The summed E-state index contributed by atoms with van der Waals surface area (Å²) in [5.41, 5.74) is 5.83. The summed E-state index contributed by atoms with van der Waals surface area (Å²) in [4.78, 5) is 11.0. The van der Waals surface area contributed by atoms with E-state index >= 15 is 0 Å². The molecule has 2 nitrogen and oxygen atoms in total. The minimum atomic E-state index is -4.43. The topological polar surface area (TPSA) is 43.1 Å². The van der Waals surface area contributed by atoms with Crippen LogP contribution in [0.3, 0.4) is 0 Å². The summed E-state index contributed by atoms with van der Waals surface area (Å²) in [6.07, 6.45) is -3.90. The number of carbonyl (C=O) groups is 1. The molecule has 2 aromatic rings. The highest BCUT2D eigenvalue weighted by Crippen LogP contribution is 2.37. The molecule has 0 heterocycles. The fraction of sp³-hybridized carbons (Fsp3) is 0.188. The van der Waals surface area contributed by atoms with Crippen LogP contribution >= 0.6 is 0 Å². The summed E-state index contributed by atoms with van der Waals surface area (Å²) in [5, 5.41) is 0. The van der Waals surface area contributed by atoms with E-state index in [4.69, 9.17) is 5.73 Å². The van der Waals surface area contributed by atoms with Crippen LogP contribution in [0, 0.1) is 0 Å². The first kappa shape index (κ1) is 15.1. The van der Waals surface area contributed by atoms with Gasteiger partial charge < -0.3 is 5.73 Å². The van der Waals surface area contributed by atoms with Crippen molar-refractivity contribution in [1.29, 1.82) is 0 Å². The van der Waals surface area contributed by atoms with Crippen molar-refractivity contribution in [2.24, 2.45) is 5.73 Å². The van der Waals surface area contributed by atoms with Crippen molar-refractivity contribution >= 4 is 5.91 Å². The Morgan fingerprint density at radius 2 is 1.71 bits per heavy atom. The highest BCUT2D eigenvalue weighted by molar-refractivity contribution is 5.93. The number of halogens is 3. The molecule has 0 aliphatic heterocycles. The highest BCUT2D eigenvalue weighted by atomic mass is 19.4. The lowest BCUT2D eigenvalue weighted by atomic mass is 9.95. The molecule has 5 heteroatoms. The summed E-state index contributed by atoms with van der Waals surface area (Å²) >= 11 is 0. The second kappa shape index (κ2) is 5.60. The molecule has 0 aliphatic carbocycles. The summed E-state index contributed by atoms with van der Waals surface area (Å²) < 4.78 is 39.6. The fourth-order valence-corrected chi connectivity index (χ4v) is 2.11. The van der Waals surface area contributed by atoms with Gasteiger partial charge in [0, 0.05) is 5.56 Å². The van der Waals surface area contributed by atoms with Gasteiger partial charge in [-0.15, -0.1) is 0 Å². The lowest BCUT2D eigenvalue weighted by molar-refractivity contribution is -0.137. The molecule has 0 atom stereocenters. The number of nitrogens with two attached hydrogens (primary N) is 1. The van der Waals surface area contributed by atoms with Crippen molar-refractivity contribution in [3.8, 4) is 11.1 Å². The van der Waals surface area contributed by atoms with Crippen LogP contribution in [-0.4, -0.2) is 5.91 Å². The second-order valence-corrected chi connectivity index (χ2v) is 4.67. The predicted octanol–water partition coefficient (Wildman–Crippen LogP) is 4.03. The smallest absolute Gasteiger partial charge is 0.366 e. The number of alkyl halides is 3. The first-order valence-corrected chi connectivity index (χ1v) is 6.43. The third-order valence-electron chi connectivity index (χ3n) is 3.28. The number of carbonyl (C=O) groups excluding carboxylic acids is 1. The molecule has 2 rings (SSSR count). The van der Waals surface area contributed by atoms with Gasteiger partial charge in [-0.1, -0.05) is 31.2 Å². The largest absolute Gasteiger partial charge is 0.417 e. The van der Waals surface area contributed by atoms with Crippen molar-refractivity contribution < 1.29 is 18.0 Å². The molecular weight excluding hydrogens is 279 g/mol. The third kappa shape index (κ3) is 3.24. The van der Waals surface area contributed by atoms with E-state index in [9.17, 15) is 18.0 Å². The Kier molecular flexibility index (Phi) is 4.02. The minimum Gasteiger partial charge on any atom is -0.366 e. The Hall–Kier alpha value is -2.30. The summed E-state index contributed by atoms with van der Waals surface area (Å²) in [6, 6.07) is 10.1. The van der Waals surface area contributed by atoms with Crippen LogP contribution in [0.4, 0.5) is 13.2 Å². The number of primary amides is 1. The first-order valence-electron chi connectivity index (χ1n) is 6.43. The van der Waals surface area contributed by atoms with Crippen molar-refractivity contribution in [3.63, 3.8) is 0 Å². The van der Waals surface area contributed by atoms with E-state index in [1.54, 1.807) is 13.0 Å². The monoisotopic (exact) mass is 293 g/mol. The molecule has 110 valence electrons. The molecule has 0 aromatic heterocycles.